The molecular formula is C13H14BrFN2O2S2. The second-order valence-corrected chi connectivity index (χ2v) is 8.02. The maximum atomic E-state index is 14.2. The zero-order chi connectivity index (χ0) is 15.6. The summed E-state index contributed by atoms with van der Waals surface area (Å²) in [5, 5.41) is 1.85. The summed E-state index contributed by atoms with van der Waals surface area (Å²) >= 11 is 4.60. The van der Waals surface area contributed by atoms with Crippen molar-refractivity contribution in [3.8, 4) is 0 Å². The van der Waals surface area contributed by atoms with E-state index in [1.54, 1.807) is 6.92 Å². The number of hydrogen-bond donors (Lipinski definition) is 2. The molecule has 0 aliphatic carbocycles. The maximum absolute atomic E-state index is 14.2. The predicted octanol–water partition coefficient (Wildman–Crippen LogP) is 3.15. The first-order valence-corrected chi connectivity index (χ1v) is 9.24. The lowest BCUT2D eigenvalue weighted by Crippen LogP contribution is -2.27. The summed E-state index contributed by atoms with van der Waals surface area (Å²) < 4.78 is 41.9. The Labute approximate surface area is 135 Å². The SMILES string of the molecule is CC(NS(=O)(=O)c1cc(Br)cc(CN)c1F)c1cccs1. The highest BCUT2D eigenvalue weighted by Gasteiger charge is 2.24. The highest BCUT2D eigenvalue weighted by atomic mass is 79.9. The van der Waals surface area contributed by atoms with E-state index in [1.807, 2.05) is 17.5 Å². The summed E-state index contributed by atoms with van der Waals surface area (Å²) in [6.07, 6.45) is 0. The van der Waals surface area contributed by atoms with Crippen LogP contribution in [0.3, 0.4) is 0 Å². The third kappa shape index (κ3) is 3.70. The topological polar surface area (TPSA) is 72.2 Å². The van der Waals surface area contributed by atoms with Gasteiger partial charge in [0.1, 0.15) is 10.7 Å². The van der Waals surface area contributed by atoms with Crippen molar-refractivity contribution in [2.45, 2.75) is 24.4 Å². The fraction of sp³-hybridized carbons (Fsp3) is 0.231. The molecule has 0 saturated carbocycles. The van der Waals surface area contributed by atoms with Crippen molar-refractivity contribution < 1.29 is 12.8 Å². The number of rotatable bonds is 5. The molecule has 1 heterocycles. The molecule has 1 aromatic heterocycles. The molecule has 0 bridgehead atoms. The van der Waals surface area contributed by atoms with Gasteiger partial charge in [0.25, 0.3) is 0 Å². The van der Waals surface area contributed by atoms with Crippen molar-refractivity contribution in [1.29, 1.82) is 0 Å². The molecule has 1 unspecified atom stereocenters. The van der Waals surface area contributed by atoms with Gasteiger partial charge in [0, 0.05) is 21.5 Å². The standard InChI is InChI=1S/C13H14BrFN2O2S2/c1-8(11-3-2-4-20-11)17-21(18,19)12-6-10(14)5-9(7-16)13(12)15/h2-6,8,17H,7,16H2,1H3. The molecular weight excluding hydrogens is 379 g/mol. The molecule has 1 atom stereocenters. The number of benzene rings is 1. The van der Waals surface area contributed by atoms with Gasteiger partial charge in [-0.2, -0.15) is 0 Å². The largest absolute Gasteiger partial charge is 0.326 e. The van der Waals surface area contributed by atoms with Crippen LogP contribution in [0.5, 0.6) is 0 Å². The van der Waals surface area contributed by atoms with Gasteiger partial charge < -0.3 is 5.73 Å². The van der Waals surface area contributed by atoms with Crippen molar-refractivity contribution in [2.24, 2.45) is 5.73 Å². The molecule has 1 aromatic carbocycles. The molecule has 21 heavy (non-hydrogen) atoms. The van der Waals surface area contributed by atoms with Crippen LogP contribution in [0.25, 0.3) is 0 Å². The zero-order valence-corrected chi connectivity index (χ0v) is 14.4. The summed E-state index contributed by atoms with van der Waals surface area (Å²) in [4.78, 5) is 0.453. The third-order valence-electron chi connectivity index (χ3n) is 2.89. The molecule has 0 fully saturated rings. The van der Waals surface area contributed by atoms with Gasteiger partial charge in [-0.25, -0.2) is 17.5 Å². The number of thiophene rings is 1. The van der Waals surface area contributed by atoms with Gasteiger partial charge in [-0.05, 0) is 30.5 Å². The van der Waals surface area contributed by atoms with Gasteiger partial charge in [0.15, 0.2) is 0 Å². The molecule has 4 nitrogen and oxygen atoms in total. The number of halogens is 2. The van der Waals surface area contributed by atoms with E-state index in [2.05, 4.69) is 20.7 Å². The molecule has 0 radical (unpaired) electrons. The van der Waals surface area contributed by atoms with Crippen molar-refractivity contribution in [1.82, 2.24) is 4.72 Å². The van der Waals surface area contributed by atoms with E-state index in [1.165, 1.54) is 23.5 Å². The van der Waals surface area contributed by atoms with Crippen LogP contribution in [0.2, 0.25) is 0 Å². The fourth-order valence-corrected chi connectivity index (χ4v) is 4.69. The number of hydrogen-bond acceptors (Lipinski definition) is 4. The quantitative estimate of drug-likeness (QED) is 0.820. The van der Waals surface area contributed by atoms with E-state index in [9.17, 15) is 12.8 Å². The van der Waals surface area contributed by atoms with Crippen molar-refractivity contribution in [3.63, 3.8) is 0 Å². The second-order valence-electron chi connectivity index (χ2n) is 4.44. The normalized spacial score (nSPS) is 13.3. The Bertz CT molecular complexity index is 733. The second kappa shape index (κ2) is 6.53. The van der Waals surface area contributed by atoms with Gasteiger partial charge in [-0.1, -0.05) is 22.0 Å². The molecule has 0 aliphatic heterocycles. The van der Waals surface area contributed by atoms with E-state index < -0.39 is 26.8 Å². The lowest BCUT2D eigenvalue weighted by Gasteiger charge is -2.14. The summed E-state index contributed by atoms with van der Waals surface area (Å²) in [7, 11) is -3.98. The van der Waals surface area contributed by atoms with Crippen LogP contribution < -0.4 is 10.5 Å². The van der Waals surface area contributed by atoms with Crippen molar-refractivity contribution in [2.75, 3.05) is 0 Å². The molecule has 0 amide bonds. The fourth-order valence-electron chi connectivity index (χ4n) is 1.85. The third-order valence-corrected chi connectivity index (χ3v) is 5.94. The summed E-state index contributed by atoms with van der Waals surface area (Å²) in [5.41, 5.74) is 5.58. The highest BCUT2D eigenvalue weighted by Crippen LogP contribution is 2.26. The monoisotopic (exact) mass is 392 g/mol. The Morgan fingerprint density at radius 3 is 2.76 bits per heavy atom. The van der Waals surface area contributed by atoms with Crippen LogP contribution in [0.15, 0.2) is 39.0 Å². The Hall–Kier alpha value is -0.800. The number of sulfonamides is 1. The molecule has 2 rings (SSSR count). The molecule has 114 valence electrons. The minimum absolute atomic E-state index is 0.0751. The maximum Gasteiger partial charge on any atom is 0.244 e. The van der Waals surface area contributed by atoms with E-state index in [0.29, 0.717) is 4.47 Å². The van der Waals surface area contributed by atoms with E-state index in [4.69, 9.17) is 5.73 Å². The summed E-state index contributed by atoms with van der Waals surface area (Å²) in [6.45, 7) is 1.64. The van der Waals surface area contributed by atoms with Gasteiger partial charge in [-0.15, -0.1) is 11.3 Å². The Kier molecular flexibility index (Phi) is 5.15. The molecule has 0 aliphatic rings. The minimum Gasteiger partial charge on any atom is -0.326 e. The first-order valence-electron chi connectivity index (χ1n) is 6.09. The average molecular weight is 393 g/mol. The average Bonchev–Trinajstić information content (AvgIpc) is 2.94. The first-order chi connectivity index (χ1) is 9.85. The van der Waals surface area contributed by atoms with Gasteiger partial charge in [0.2, 0.25) is 10.0 Å². The Balaban J connectivity index is 2.38. The minimum atomic E-state index is -3.98. The summed E-state index contributed by atoms with van der Waals surface area (Å²) in [6, 6.07) is 5.92. The van der Waals surface area contributed by atoms with Crippen LogP contribution in [-0.2, 0) is 16.6 Å². The Morgan fingerprint density at radius 2 is 2.19 bits per heavy atom. The lowest BCUT2D eigenvalue weighted by molar-refractivity contribution is 0.542. The molecule has 0 spiro atoms. The lowest BCUT2D eigenvalue weighted by atomic mass is 10.2. The smallest absolute Gasteiger partial charge is 0.244 e. The highest BCUT2D eigenvalue weighted by molar-refractivity contribution is 9.10. The van der Waals surface area contributed by atoms with Crippen molar-refractivity contribution >= 4 is 37.3 Å². The van der Waals surface area contributed by atoms with E-state index in [0.717, 1.165) is 4.88 Å². The van der Waals surface area contributed by atoms with Crippen LogP contribution in [0, 0.1) is 5.82 Å². The van der Waals surface area contributed by atoms with Crippen LogP contribution in [0.1, 0.15) is 23.4 Å². The zero-order valence-electron chi connectivity index (χ0n) is 11.1. The molecule has 8 heteroatoms. The van der Waals surface area contributed by atoms with Gasteiger partial charge in [0.05, 0.1) is 6.04 Å². The van der Waals surface area contributed by atoms with Crippen LogP contribution in [0.4, 0.5) is 4.39 Å². The molecule has 3 N–H and O–H groups in total. The van der Waals surface area contributed by atoms with Crippen LogP contribution >= 0.6 is 27.3 Å². The Morgan fingerprint density at radius 1 is 1.48 bits per heavy atom. The number of nitrogens with two attached hydrogens (primary N) is 1. The molecule has 0 saturated heterocycles. The van der Waals surface area contributed by atoms with Crippen LogP contribution in [-0.4, -0.2) is 8.42 Å². The van der Waals surface area contributed by atoms with Gasteiger partial charge >= 0.3 is 0 Å². The van der Waals surface area contributed by atoms with Gasteiger partial charge in [-0.3, -0.25) is 0 Å². The van der Waals surface area contributed by atoms with Crippen molar-refractivity contribution in [3.05, 3.63) is 50.4 Å². The number of nitrogens with one attached hydrogen (secondary N) is 1. The molecule has 2 aromatic rings. The van der Waals surface area contributed by atoms with E-state index >= 15 is 0 Å². The predicted molar refractivity (Wildman–Crippen MR) is 85.0 cm³/mol. The van der Waals surface area contributed by atoms with E-state index in [-0.39, 0.29) is 12.1 Å². The first kappa shape index (κ1) is 16.6. The summed E-state index contributed by atoms with van der Waals surface area (Å²) in [5.74, 6) is -0.813.